The molecule has 1 unspecified atom stereocenters. The Labute approximate surface area is 152 Å². The number of rotatable bonds is 4. The first kappa shape index (κ1) is 21.0. The molecule has 1 amide bonds. The summed E-state index contributed by atoms with van der Waals surface area (Å²) < 4.78 is 5.74. The fraction of sp³-hybridized carbons (Fsp3) is 0.938. The average Bonchev–Trinajstić information content (AvgIpc) is 3.16. The molecule has 0 radical (unpaired) electrons. The Hall–Kier alpha value is -0.0700. The minimum absolute atomic E-state index is 0. The Morgan fingerprint density at radius 3 is 2.43 bits per heavy atom. The monoisotopic (exact) mass is 367 g/mol. The number of halogens is 2. The van der Waals surface area contributed by atoms with Gasteiger partial charge in [-0.1, -0.05) is 6.42 Å². The van der Waals surface area contributed by atoms with Gasteiger partial charge in [0, 0.05) is 26.2 Å². The Kier molecular flexibility index (Phi) is 9.16. The second-order valence-corrected chi connectivity index (χ2v) is 6.86. The van der Waals surface area contributed by atoms with Gasteiger partial charge in [-0.25, -0.2) is 0 Å². The first-order valence-electron chi connectivity index (χ1n) is 8.63. The van der Waals surface area contributed by atoms with E-state index in [-0.39, 0.29) is 42.9 Å². The molecule has 0 spiro atoms. The number of carbonyl (C=O) groups is 1. The predicted octanol–water partition coefficient (Wildman–Crippen LogP) is 1.67. The molecule has 2 N–H and O–H groups in total. The molecular formula is C16H31Cl2N3O2. The molecule has 3 aliphatic rings. The predicted molar refractivity (Wildman–Crippen MR) is 96.4 cm³/mol. The number of likely N-dealkylation sites (tertiary alicyclic amines) is 2. The van der Waals surface area contributed by atoms with E-state index in [9.17, 15) is 4.79 Å². The second-order valence-electron chi connectivity index (χ2n) is 6.86. The van der Waals surface area contributed by atoms with Crippen molar-refractivity contribution in [3.63, 3.8) is 0 Å². The Balaban J connectivity index is 0.00000132. The number of nitrogens with two attached hydrogens (primary N) is 1. The normalized spacial score (nSPS) is 31.5. The van der Waals surface area contributed by atoms with Crippen LogP contribution in [-0.2, 0) is 9.53 Å². The first-order chi connectivity index (χ1) is 10.3. The minimum Gasteiger partial charge on any atom is -0.364 e. The van der Waals surface area contributed by atoms with Gasteiger partial charge in [-0.2, -0.15) is 0 Å². The molecule has 0 aromatic carbocycles. The Morgan fingerprint density at radius 2 is 1.78 bits per heavy atom. The third-order valence-corrected chi connectivity index (χ3v) is 5.21. The number of amides is 1. The molecule has 0 aliphatic carbocycles. The van der Waals surface area contributed by atoms with E-state index in [1.54, 1.807) is 0 Å². The van der Waals surface area contributed by atoms with Gasteiger partial charge in [-0.05, 0) is 51.1 Å². The highest BCUT2D eigenvalue weighted by atomic mass is 35.5. The molecule has 3 heterocycles. The zero-order valence-corrected chi connectivity index (χ0v) is 15.5. The number of nitrogens with zero attached hydrogens (tertiary/aromatic N) is 2. The smallest absolute Gasteiger partial charge is 0.251 e. The lowest BCUT2D eigenvalue weighted by Crippen LogP contribution is -2.39. The molecule has 5 nitrogen and oxygen atoms in total. The highest BCUT2D eigenvalue weighted by Crippen LogP contribution is 2.25. The van der Waals surface area contributed by atoms with Gasteiger partial charge in [0.05, 0.1) is 6.10 Å². The van der Waals surface area contributed by atoms with Crippen molar-refractivity contribution in [2.24, 2.45) is 11.7 Å². The lowest BCUT2D eigenvalue weighted by molar-refractivity contribution is -0.141. The van der Waals surface area contributed by atoms with Crippen LogP contribution in [0.2, 0.25) is 0 Å². The summed E-state index contributed by atoms with van der Waals surface area (Å²) in [5.74, 6) is 0.853. The molecule has 0 saturated carbocycles. The maximum Gasteiger partial charge on any atom is 0.251 e. The number of piperidine rings is 1. The summed E-state index contributed by atoms with van der Waals surface area (Å²) in [5, 5.41) is 0. The van der Waals surface area contributed by atoms with Gasteiger partial charge < -0.3 is 20.3 Å². The van der Waals surface area contributed by atoms with Crippen LogP contribution in [0.4, 0.5) is 0 Å². The number of hydrogen-bond donors (Lipinski definition) is 1. The topological polar surface area (TPSA) is 58.8 Å². The molecule has 3 atom stereocenters. The van der Waals surface area contributed by atoms with Gasteiger partial charge in [0.25, 0.3) is 5.91 Å². The lowest BCUT2D eigenvalue weighted by atomic mass is 10.1. The molecule has 0 bridgehead atoms. The third-order valence-electron chi connectivity index (χ3n) is 5.21. The van der Waals surface area contributed by atoms with Crippen molar-refractivity contribution in [3.05, 3.63) is 0 Å². The van der Waals surface area contributed by atoms with Crippen LogP contribution >= 0.6 is 24.8 Å². The van der Waals surface area contributed by atoms with Gasteiger partial charge >= 0.3 is 0 Å². The van der Waals surface area contributed by atoms with Crippen molar-refractivity contribution in [1.82, 2.24) is 9.80 Å². The van der Waals surface area contributed by atoms with Crippen molar-refractivity contribution < 1.29 is 9.53 Å². The van der Waals surface area contributed by atoms with Crippen LogP contribution < -0.4 is 5.73 Å². The van der Waals surface area contributed by atoms with E-state index in [2.05, 4.69) is 4.90 Å². The van der Waals surface area contributed by atoms with Crippen molar-refractivity contribution in [2.45, 2.75) is 50.7 Å². The molecule has 3 rings (SSSR count). The van der Waals surface area contributed by atoms with Crippen LogP contribution in [-0.4, -0.2) is 67.2 Å². The quantitative estimate of drug-likeness (QED) is 0.820. The SMILES string of the molecule is Cl.Cl.NC[C@H]1CC[C@@H](C(=O)N2CCC(CN3CCCCC3)C2)O1. The summed E-state index contributed by atoms with van der Waals surface area (Å²) in [6, 6.07) is 0. The molecule has 0 aromatic rings. The standard InChI is InChI=1S/C16H29N3O2.2ClH/c17-10-14-4-5-15(21-14)16(20)19-9-6-13(12-19)11-18-7-2-1-3-8-18;;/h13-15H,1-12,17H2;2*1H/t13?,14-,15+;;/m1../s1. The van der Waals surface area contributed by atoms with E-state index < -0.39 is 0 Å². The third kappa shape index (κ3) is 5.46. The fourth-order valence-corrected chi connectivity index (χ4v) is 3.95. The highest BCUT2D eigenvalue weighted by molar-refractivity contribution is 5.85. The average molecular weight is 368 g/mol. The summed E-state index contributed by atoms with van der Waals surface area (Å²) in [6.45, 7) is 6.01. The highest BCUT2D eigenvalue weighted by Gasteiger charge is 2.36. The van der Waals surface area contributed by atoms with Crippen molar-refractivity contribution >= 4 is 30.7 Å². The van der Waals surface area contributed by atoms with Gasteiger partial charge in [-0.3, -0.25) is 4.79 Å². The summed E-state index contributed by atoms with van der Waals surface area (Å²) in [5.41, 5.74) is 5.62. The van der Waals surface area contributed by atoms with Gasteiger partial charge in [0.2, 0.25) is 0 Å². The fourth-order valence-electron chi connectivity index (χ4n) is 3.95. The lowest BCUT2D eigenvalue weighted by Gasteiger charge is -2.29. The second kappa shape index (κ2) is 10.0. The van der Waals surface area contributed by atoms with Crippen molar-refractivity contribution in [2.75, 3.05) is 39.3 Å². The zero-order valence-electron chi connectivity index (χ0n) is 13.8. The number of ether oxygens (including phenoxy) is 1. The zero-order chi connectivity index (χ0) is 14.7. The van der Waals surface area contributed by atoms with Gasteiger partial charge in [-0.15, -0.1) is 24.8 Å². The van der Waals surface area contributed by atoms with E-state index in [0.29, 0.717) is 12.5 Å². The van der Waals surface area contributed by atoms with E-state index in [1.807, 2.05) is 4.90 Å². The van der Waals surface area contributed by atoms with Crippen molar-refractivity contribution in [1.29, 1.82) is 0 Å². The maximum atomic E-state index is 12.5. The van der Waals surface area contributed by atoms with E-state index >= 15 is 0 Å². The van der Waals surface area contributed by atoms with Crippen LogP contribution in [0.3, 0.4) is 0 Å². The number of carbonyl (C=O) groups excluding carboxylic acids is 1. The Bertz CT molecular complexity index is 367. The van der Waals surface area contributed by atoms with Crippen molar-refractivity contribution in [3.8, 4) is 0 Å². The summed E-state index contributed by atoms with van der Waals surface area (Å²) in [7, 11) is 0. The Morgan fingerprint density at radius 1 is 1.04 bits per heavy atom. The molecule has 136 valence electrons. The first-order valence-corrected chi connectivity index (χ1v) is 8.63. The molecule has 23 heavy (non-hydrogen) atoms. The molecule has 7 heteroatoms. The number of hydrogen-bond acceptors (Lipinski definition) is 4. The van der Waals surface area contributed by atoms with Gasteiger partial charge in [0.1, 0.15) is 6.10 Å². The van der Waals surface area contributed by atoms with Crippen LogP contribution in [0.25, 0.3) is 0 Å². The van der Waals surface area contributed by atoms with Crippen LogP contribution in [0.15, 0.2) is 0 Å². The van der Waals surface area contributed by atoms with E-state index in [1.165, 1.54) is 38.9 Å². The van der Waals surface area contributed by atoms with Crippen LogP contribution in [0.1, 0.15) is 38.5 Å². The molecule has 3 fully saturated rings. The van der Waals surface area contributed by atoms with E-state index in [0.717, 1.165) is 32.4 Å². The van der Waals surface area contributed by atoms with Crippen LogP contribution in [0.5, 0.6) is 0 Å². The van der Waals surface area contributed by atoms with Gasteiger partial charge in [0.15, 0.2) is 0 Å². The molecule has 3 aliphatic heterocycles. The summed E-state index contributed by atoms with van der Waals surface area (Å²) in [4.78, 5) is 17.1. The largest absolute Gasteiger partial charge is 0.364 e. The molecule has 0 aromatic heterocycles. The van der Waals surface area contributed by atoms with Crippen LogP contribution in [0, 0.1) is 5.92 Å². The summed E-state index contributed by atoms with van der Waals surface area (Å²) >= 11 is 0. The molecule has 3 saturated heterocycles. The summed E-state index contributed by atoms with van der Waals surface area (Å²) in [6.07, 6.45) is 6.84. The minimum atomic E-state index is -0.229. The molecular weight excluding hydrogens is 337 g/mol. The maximum absolute atomic E-state index is 12.5. The van der Waals surface area contributed by atoms with E-state index in [4.69, 9.17) is 10.5 Å².